The molecule has 4 rings (SSSR count). The maximum atomic E-state index is 13.2. The lowest BCUT2D eigenvalue weighted by Crippen LogP contribution is -2.45. The number of amides is 2. The molecule has 0 saturated heterocycles. The highest BCUT2D eigenvalue weighted by atomic mass is 16.5. The number of rotatable bonds is 6. The normalized spacial score (nSPS) is 23.2. The molecule has 1 aliphatic heterocycles. The van der Waals surface area contributed by atoms with E-state index in [1.54, 1.807) is 6.92 Å². The number of para-hydroxylation sites is 1. The van der Waals surface area contributed by atoms with Crippen LogP contribution in [-0.2, 0) is 16.1 Å². The van der Waals surface area contributed by atoms with Gasteiger partial charge in [-0.3, -0.25) is 0 Å². The van der Waals surface area contributed by atoms with E-state index in [1.807, 2.05) is 54.6 Å². The first kappa shape index (κ1) is 21.0. The molecule has 1 fully saturated rings. The molecule has 2 aromatic rings. The van der Waals surface area contributed by atoms with Crippen LogP contribution in [0.25, 0.3) is 0 Å². The SMILES string of the molecule is CC1=C(C(=O)O[C@@H]2CCC[C@@H]2C)[C@H](c2ccccc2OCc2ccccc2)NC(=O)N1. The largest absolute Gasteiger partial charge is 0.489 e. The standard InChI is InChI=1S/C25H28N2O4/c1-16-9-8-14-20(16)31-24(28)22-17(2)26-25(29)27-23(22)19-12-6-7-13-21(19)30-15-18-10-4-3-5-11-18/h3-7,10-13,16,20,23H,8-9,14-15H2,1-2H3,(H2,26,27,29)/t16-,20+,23-/m0/s1. The Hall–Kier alpha value is -3.28. The van der Waals surface area contributed by atoms with Gasteiger partial charge in [0.15, 0.2) is 0 Å². The van der Waals surface area contributed by atoms with Crippen molar-refractivity contribution in [3.63, 3.8) is 0 Å². The van der Waals surface area contributed by atoms with Crippen LogP contribution in [-0.4, -0.2) is 18.1 Å². The third kappa shape index (κ3) is 4.74. The predicted molar refractivity (Wildman–Crippen MR) is 117 cm³/mol. The first-order valence-electron chi connectivity index (χ1n) is 10.8. The summed E-state index contributed by atoms with van der Waals surface area (Å²) in [5, 5.41) is 5.59. The Balaban J connectivity index is 1.61. The van der Waals surface area contributed by atoms with Crippen molar-refractivity contribution in [2.45, 2.75) is 51.9 Å². The molecule has 3 atom stereocenters. The molecular weight excluding hydrogens is 392 g/mol. The van der Waals surface area contributed by atoms with Crippen molar-refractivity contribution in [1.82, 2.24) is 10.6 Å². The molecule has 2 amide bonds. The van der Waals surface area contributed by atoms with Gasteiger partial charge in [-0.25, -0.2) is 9.59 Å². The Morgan fingerprint density at radius 2 is 1.81 bits per heavy atom. The van der Waals surface area contributed by atoms with E-state index < -0.39 is 12.0 Å². The summed E-state index contributed by atoms with van der Waals surface area (Å²) >= 11 is 0. The minimum atomic E-state index is -0.648. The van der Waals surface area contributed by atoms with Crippen LogP contribution in [0.1, 0.15) is 50.3 Å². The summed E-state index contributed by atoms with van der Waals surface area (Å²) in [7, 11) is 0. The minimum Gasteiger partial charge on any atom is -0.489 e. The van der Waals surface area contributed by atoms with Gasteiger partial charge in [0, 0.05) is 11.3 Å². The van der Waals surface area contributed by atoms with Crippen LogP contribution in [0.4, 0.5) is 4.79 Å². The Bertz CT molecular complexity index is 986. The van der Waals surface area contributed by atoms with Gasteiger partial charge in [0.1, 0.15) is 18.5 Å². The molecule has 1 aliphatic carbocycles. The molecule has 2 aliphatic rings. The van der Waals surface area contributed by atoms with Gasteiger partial charge in [-0.15, -0.1) is 0 Å². The number of carbonyl (C=O) groups is 2. The van der Waals surface area contributed by atoms with E-state index >= 15 is 0 Å². The fourth-order valence-electron chi connectivity index (χ4n) is 4.27. The van der Waals surface area contributed by atoms with E-state index in [2.05, 4.69) is 17.6 Å². The predicted octanol–water partition coefficient (Wildman–Crippen LogP) is 4.63. The van der Waals surface area contributed by atoms with E-state index in [9.17, 15) is 9.59 Å². The number of hydrogen-bond donors (Lipinski definition) is 2. The van der Waals surface area contributed by atoms with Crippen molar-refractivity contribution in [1.29, 1.82) is 0 Å². The summed E-state index contributed by atoms with van der Waals surface area (Å²) in [6, 6.07) is 16.3. The average molecular weight is 421 g/mol. The number of hydrogen-bond acceptors (Lipinski definition) is 4. The lowest BCUT2D eigenvalue weighted by atomic mass is 9.94. The van der Waals surface area contributed by atoms with Crippen LogP contribution < -0.4 is 15.4 Å². The molecule has 0 aromatic heterocycles. The lowest BCUT2D eigenvalue weighted by molar-refractivity contribution is -0.146. The van der Waals surface area contributed by atoms with E-state index in [1.165, 1.54) is 0 Å². The molecule has 162 valence electrons. The Morgan fingerprint density at radius 3 is 2.55 bits per heavy atom. The van der Waals surface area contributed by atoms with E-state index in [0.29, 0.717) is 29.5 Å². The summed E-state index contributed by atoms with van der Waals surface area (Å²) in [5.41, 5.74) is 2.67. The third-order valence-electron chi connectivity index (χ3n) is 6.00. The minimum absolute atomic E-state index is 0.0874. The summed E-state index contributed by atoms with van der Waals surface area (Å²) in [6.45, 7) is 4.23. The molecule has 0 spiro atoms. The summed E-state index contributed by atoms with van der Waals surface area (Å²) < 4.78 is 11.9. The van der Waals surface area contributed by atoms with Gasteiger partial charge in [0.05, 0.1) is 11.6 Å². The van der Waals surface area contributed by atoms with Crippen LogP contribution in [0.2, 0.25) is 0 Å². The zero-order valence-electron chi connectivity index (χ0n) is 17.9. The van der Waals surface area contributed by atoms with Crippen molar-refractivity contribution in [3.05, 3.63) is 77.0 Å². The number of urea groups is 1. The zero-order valence-corrected chi connectivity index (χ0v) is 17.9. The highest BCUT2D eigenvalue weighted by Crippen LogP contribution is 2.35. The van der Waals surface area contributed by atoms with Gasteiger partial charge in [-0.2, -0.15) is 0 Å². The van der Waals surface area contributed by atoms with Crippen molar-refractivity contribution in [3.8, 4) is 5.75 Å². The number of allylic oxidation sites excluding steroid dienone is 1. The van der Waals surface area contributed by atoms with Gasteiger partial charge in [0.25, 0.3) is 0 Å². The Morgan fingerprint density at radius 1 is 1.06 bits per heavy atom. The van der Waals surface area contributed by atoms with E-state index in [4.69, 9.17) is 9.47 Å². The molecule has 2 aromatic carbocycles. The molecule has 6 heteroatoms. The van der Waals surface area contributed by atoms with Crippen LogP contribution >= 0.6 is 0 Å². The number of esters is 1. The van der Waals surface area contributed by atoms with Gasteiger partial charge < -0.3 is 20.1 Å². The number of benzene rings is 2. The second kappa shape index (κ2) is 9.25. The second-order valence-corrected chi connectivity index (χ2v) is 8.23. The monoisotopic (exact) mass is 420 g/mol. The molecule has 6 nitrogen and oxygen atoms in total. The lowest BCUT2D eigenvalue weighted by Gasteiger charge is -2.30. The van der Waals surface area contributed by atoms with Crippen LogP contribution in [0.3, 0.4) is 0 Å². The van der Waals surface area contributed by atoms with Crippen molar-refractivity contribution in [2.24, 2.45) is 5.92 Å². The molecule has 0 bridgehead atoms. The molecule has 1 heterocycles. The first-order chi connectivity index (χ1) is 15.0. The second-order valence-electron chi connectivity index (χ2n) is 8.23. The maximum absolute atomic E-state index is 13.2. The molecule has 31 heavy (non-hydrogen) atoms. The van der Waals surface area contributed by atoms with Gasteiger partial charge in [-0.05, 0) is 43.7 Å². The fraction of sp³-hybridized carbons (Fsp3) is 0.360. The highest BCUT2D eigenvalue weighted by molar-refractivity contribution is 5.95. The highest BCUT2D eigenvalue weighted by Gasteiger charge is 2.36. The zero-order chi connectivity index (χ0) is 21.8. The van der Waals surface area contributed by atoms with Crippen LogP contribution in [0.15, 0.2) is 65.9 Å². The van der Waals surface area contributed by atoms with Crippen molar-refractivity contribution in [2.75, 3.05) is 0 Å². The smallest absolute Gasteiger partial charge is 0.338 e. The molecule has 0 radical (unpaired) electrons. The molecule has 0 unspecified atom stereocenters. The van der Waals surface area contributed by atoms with Crippen LogP contribution in [0, 0.1) is 5.92 Å². The quantitative estimate of drug-likeness (QED) is 0.669. The summed E-state index contributed by atoms with van der Waals surface area (Å²) in [5.74, 6) is 0.563. The van der Waals surface area contributed by atoms with E-state index in [0.717, 1.165) is 30.4 Å². The van der Waals surface area contributed by atoms with Gasteiger partial charge in [-0.1, -0.05) is 55.5 Å². The summed E-state index contributed by atoms with van der Waals surface area (Å²) in [4.78, 5) is 25.4. The number of carbonyl (C=O) groups excluding carboxylic acids is 2. The topological polar surface area (TPSA) is 76.7 Å². The summed E-state index contributed by atoms with van der Waals surface area (Å²) in [6.07, 6.45) is 2.91. The number of ether oxygens (including phenoxy) is 2. The van der Waals surface area contributed by atoms with Gasteiger partial charge >= 0.3 is 12.0 Å². The van der Waals surface area contributed by atoms with Gasteiger partial charge in [0.2, 0.25) is 0 Å². The molecule has 2 N–H and O–H groups in total. The fourth-order valence-corrected chi connectivity index (χ4v) is 4.27. The van der Waals surface area contributed by atoms with E-state index in [-0.39, 0.29) is 12.1 Å². The molecule has 1 saturated carbocycles. The molecular formula is C25H28N2O4. The maximum Gasteiger partial charge on any atom is 0.338 e. The number of nitrogens with one attached hydrogen (secondary N) is 2. The Labute approximate surface area is 182 Å². The van der Waals surface area contributed by atoms with Crippen molar-refractivity contribution >= 4 is 12.0 Å². The third-order valence-corrected chi connectivity index (χ3v) is 6.00. The van der Waals surface area contributed by atoms with Crippen molar-refractivity contribution < 1.29 is 19.1 Å². The van der Waals surface area contributed by atoms with Crippen LogP contribution in [0.5, 0.6) is 5.75 Å². The average Bonchev–Trinajstić information content (AvgIpc) is 3.16. The first-order valence-corrected chi connectivity index (χ1v) is 10.8. The Kier molecular flexibility index (Phi) is 6.26.